The standard InChI is InChI=1S/C12H13N5O/c1-2-15-12(16-3-1)17-6-7-18-11(9-17)10-8-13-4-5-14-10/h1-5,8,11H,6-7,9H2/t11-/m0/s1. The van der Waals surface area contributed by atoms with Crippen molar-refractivity contribution < 1.29 is 4.74 Å². The Kier molecular flexibility index (Phi) is 3.10. The maximum atomic E-state index is 5.72. The van der Waals surface area contributed by atoms with Crippen LogP contribution < -0.4 is 4.90 Å². The van der Waals surface area contributed by atoms with E-state index in [-0.39, 0.29) is 6.10 Å². The highest BCUT2D eigenvalue weighted by Crippen LogP contribution is 2.21. The van der Waals surface area contributed by atoms with Gasteiger partial charge < -0.3 is 9.64 Å². The van der Waals surface area contributed by atoms with Crippen molar-refractivity contribution >= 4 is 5.95 Å². The zero-order valence-electron chi connectivity index (χ0n) is 9.81. The van der Waals surface area contributed by atoms with Crippen LogP contribution >= 0.6 is 0 Å². The van der Waals surface area contributed by atoms with E-state index in [9.17, 15) is 0 Å². The molecule has 0 N–H and O–H groups in total. The van der Waals surface area contributed by atoms with Gasteiger partial charge in [-0.15, -0.1) is 0 Å². The molecular weight excluding hydrogens is 230 g/mol. The van der Waals surface area contributed by atoms with E-state index in [0.717, 1.165) is 18.2 Å². The zero-order chi connectivity index (χ0) is 12.2. The van der Waals surface area contributed by atoms with Crippen molar-refractivity contribution in [3.63, 3.8) is 0 Å². The van der Waals surface area contributed by atoms with E-state index in [4.69, 9.17) is 4.74 Å². The van der Waals surface area contributed by atoms with Gasteiger partial charge in [0.15, 0.2) is 0 Å². The topological polar surface area (TPSA) is 64.0 Å². The molecule has 0 radical (unpaired) electrons. The average Bonchev–Trinajstić information content (AvgIpc) is 2.49. The van der Waals surface area contributed by atoms with Crippen LogP contribution in [0.2, 0.25) is 0 Å². The number of ether oxygens (including phenoxy) is 1. The second kappa shape index (κ2) is 5.05. The van der Waals surface area contributed by atoms with Gasteiger partial charge in [-0.05, 0) is 6.07 Å². The molecule has 92 valence electrons. The average molecular weight is 243 g/mol. The molecule has 0 saturated carbocycles. The Balaban J connectivity index is 1.77. The maximum absolute atomic E-state index is 5.72. The van der Waals surface area contributed by atoms with E-state index in [1.165, 1.54) is 0 Å². The summed E-state index contributed by atoms with van der Waals surface area (Å²) in [6.45, 7) is 2.13. The van der Waals surface area contributed by atoms with Crippen molar-refractivity contribution in [1.82, 2.24) is 19.9 Å². The molecule has 2 aromatic heterocycles. The minimum atomic E-state index is -0.0729. The van der Waals surface area contributed by atoms with Crippen molar-refractivity contribution in [1.29, 1.82) is 0 Å². The molecule has 0 aliphatic carbocycles. The smallest absolute Gasteiger partial charge is 0.225 e. The van der Waals surface area contributed by atoms with Crippen LogP contribution in [0.3, 0.4) is 0 Å². The molecule has 18 heavy (non-hydrogen) atoms. The molecule has 1 aliphatic rings. The molecule has 6 nitrogen and oxygen atoms in total. The lowest BCUT2D eigenvalue weighted by Crippen LogP contribution is -2.39. The molecule has 6 heteroatoms. The summed E-state index contributed by atoms with van der Waals surface area (Å²) < 4.78 is 5.72. The van der Waals surface area contributed by atoms with Crippen LogP contribution in [0.4, 0.5) is 5.95 Å². The van der Waals surface area contributed by atoms with Crippen LogP contribution in [0.15, 0.2) is 37.1 Å². The number of hydrogen-bond donors (Lipinski definition) is 0. The van der Waals surface area contributed by atoms with Crippen molar-refractivity contribution in [2.75, 3.05) is 24.6 Å². The fourth-order valence-corrected chi connectivity index (χ4v) is 1.94. The number of hydrogen-bond acceptors (Lipinski definition) is 6. The molecule has 0 spiro atoms. The Morgan fingerprint density at radius 3 is 2.78 bits per heavy atom. The molecule has 3 heterocycles. The monoisotopic (exact) mass is 243 g/mol. The maximum Gasteiger partial charge on any atom is 0.225 e. The van der Waals surface area contributed by atoms with Crippen LogP contribution in [0.25, 0.3) is 0 Å². The molecular formula is C12H13N5O. The molecule has 3 rings (SSSR count). The van der Waals surface area contributed by atoms with Gasteiger partial charge >= 0.3 is 0 Å². The third-order valence-electron chi connectivity index (χ3n) is 2.81. The first-order chi connectivity index (χ1) is 8.93. The molecule has 0 amide bonds. The fourth-order valence-electron chi connectivity index (χ4n) is 1.94. The highest BCUT2D eigenvalue weighted by Gasteiger charge is 2.24. The summed E-state index contributed by atoms with van der Waals surface area (Å²) in [4.78, 5) is 18.9. The molecule has 0 aromatic carbocycles. The second-order valence-electron chi connectivity index (χ2n) is 3.98. The second-order valence-corrected chi connectivity index (χ2v) is 3.98. The Bertz CT molecular complexity index is 447. The Morgan fingerprint density at radius 2 is 2.00 bits per heavy atom. The molecule has 1 atom stereocenters. The summed E-state index contributed by atoms with van der Waals surface area (Å²) in [5.41, 5.74) is 0.845. The van der Waals surface area contributed by atoms with Gasteiger partial charge in [0.1, 0.15) is 6.10 Å². The SMILES string of the molecule is c1cnc(N2CCO[C@H](c3cnccn3)C2)nc1. The Hall–Kier alpha value is -2.08. The van der Waals surface area contributed by atoms with E-state index >= 15 is 0 Å². The highest BCUT2D eigenvalue weighted by molar-refractivity contribution is 5.30. The largest absolute Gasteiger partial charge is 0.368 e. The van der Waals surface area contributed by atoms with Crippen molar-refractivity contribution in [3.8, 4) is 0 Å². The van der Waals surface area contributed by atoms with Crippen LogP contribution in [0.1, 0.15) is 11.8 Å². The lowest BCUT2D eigenvalue weighted by molar-refractivity contribution is 0.0362. The van der Waals surface area contributed by atoms with Gasteiger partial charge in [0.05, 0.1) is 25.0 Å². The Labute approximate surface area is 105 Å². The van der Waals surface area contributed by atoms with Crippen LogP contribution in [0.5, 0.6) is 0 Å². The van der Waals surface area contributed by atoms with E-state index in [1.54, 1.807) is 31.0 Å². The molecule has 1 saturated heterocycles. The number of rotatable bonds is 2. The third-order valence-corrected chi connectivity index (χ3v) is 2.81. The van der Waals surface area contributed by atoms with Gasteiger partial charge in [0.25, 0.3) is 0 Å². The first kappa shape index (κ1) is 11.0. The lowest BCUT2D eigenvalue weighted by atomic mass is 10.2. The molecule has 0 bridgehead atoms. The summed E-state index contributed by atoms with van der Waals surface area (Å²) >= 11 is 0. The van der Waals surface area contributed by atoms with E-state index in [0.29, 0.717) is 13.2 Å². The molecule has 1 fully saturated rings. The first-order valence-corrected chi connectivity index (χ1v) is 5.83. The number of aromatic nitrogens is 4. The summed E-state index contributed by atoms with van der Waals surface area (Å²) in [5, 5.41) is 0. The van der Waals surface area contributed by atoms with E-state index < -0.39 is 0 Å². The van der Waals surface area contributed by atoms with Gasteiger partial charge in [0.2, 0.25) is 5.95 Å². The summed E-state index contributed by atoms with van der Waals surface area (Å²) in [6.07, 6.45) is 8.49. The van der Waals surface area contributed by atoms with Crippen LogP contribution in [-0.4, -0.2) is 39.6 Å². The van der Waals surface area contributed by atoms with Crippen LogP contribution in [-0.2, 0) is 4.74 Å². The molecule has 0 unspecified atom stereocenters. The Morgan fingerprint density at radius 1 is 1.11 bits per heavy atom. The summed E-state index contributed by atoms with van der Waals surface area (Å²) in [5.74, 6) is 0.731. The predicted octanol–water partition coefficient (Wildman–Crippen LogP) is 0.844. The number of nitrogens with zero attached hydrogens (tertiary/aromatic N) is 5. The highest BCUT2D eigenvalue weighted by atomic mass is 16.5. The number of morpholine rings is 1. The minimum Gasteiger partial charge on any atom is -0.368 e. The van der Waals surface area contributed by atoms with Crippen molar-refractivity contribution in [3.05, 3.63) is 42.7 Å². The molecule has 1 aliphatic heterocycles. The summed E-state index contributed by atoms with van der Waals surface area (Å²) in [6, 6.07) is 1.81. The van der Waals surface area contributed by atoms with Gasteiger partial charge in [-0.3, -0.25) is 9.97 Å². The van der Waals surface area contributed by atoms with Gasteiger partial charge in [-0.2, -0.15) is 0 Å². The van der Waals surface area contributed by atoms with Crippen LogP contribution in [0, 0.1) is 0 Å². The number of anilines is 1. The lowest BCUT2D eigenvalue weighted by Gasteiger charge is -2.32. The first-order valence-electron chi connectivity index (χ1n) is 5.83. The van der Waals surface area contributed by atoms with E-state index in [1.807, 2.05) is 6.07 Å². The van der Waals surface area contributed by atoms with Gasteiger partial charge in [-0.25, -0.2) is 9.97 Å². The predicted molar refractivity (Wildman–Crippen MR) is 65.0 cm³/mol. The normalized spacial score (nSPS) is 19.8. The zero-order valence-corrected chi connectivity index (χ0v) is 9.81. The fraction of sp³-hybridized carbons (Fsp3) is 0.333. The third kappa shape index (κ3) is 2.28. The van der Waals surface area contributed by atoms with Gasteiger partial charge in [-0.1, -0.05) is 0 Å². The molecule has 2 aromatic rings. The van der Waals surface area contributed by atoms with Gasteiger partial charge in [0, 0.05) is 31.3 Å². The van der Waals surface area contributed by atoms with Crippen molar-refractivity contribution in [2.24, 2.45) is 0 Å². The minimum absolute atomic E-state index is 0.0729. The van der Waals surface area contributed by atoms with E-state index in [2.05, 4.69) is 24.8 Å². The van der Waals surface area contributed by atoms with Crippen molar-refractivity contribution in [2.45, 2.75) is 6.10 Å². The summed E-state index contributed by atoms with van der Waals surface area (Å²) in [7, 11) is 0. The quantitative estimate of drug-likeness (QED) is 0.779.